The number of rotatable bonds is 7. The predicted molar refractivity (Wildman–Crippen MR) is 112 cm³/mol. The Morgan fingerprint density at radius 3 is 2.72 bits per heavy atom. The molecule has 29 heavy (non-hydrogen) atoms. The van der Waals surface area contributed by atoms with E-state index in [1.54, 1.807) is 29.1 Å². The van der Waals surface area contributed by atoms with Crippen LogP contribution in [-0.4, -0.2) is 34.4 Å². The number of nitrogens with zero attached hydrogens (tertiary/aromatic N) is 3. The third kappa shape index (κ3) is 4.86. The van der Waals surface area contributed by atoms with Crippen LogP contribution in [0.25, 0.3) is 5.82 Å². The molecule has 0 aliphatic heterocycles. The lowest BCUT2D eigenvalue weighted by molar-refractivity contribution is 0.102. The molecule has 0 saturated carbocycles. The Kier molecular flexibility index (Phi) is 6.39. The highest BCUT2D eigenvalue weighted by Gasteiger charge is 2.18. The summed E-state index contributed by atoms with van der Waals surface area (Å²) in [6.07, 6.45) is 1.67. The summed E-state index contributed by atoms with van der Waals surface area (Å²) < 4.78 is 12.7. The monoisotopic (exact) mass is 414 g/mol. The van der Waals surface area contributed by atoms with E-state index >= 15 is 0 Å². The van der Waals surface area contributed by atoms with Crippen molar-refractivity contribution in [3.05, 3.63) is 58.9 Å². The van der Waals surface area contributed by atoms with E-state index in [2.05, 4.69) is 15.4 Å². The fourth-order valence-electron chi connectivity index (χ4n) is 2.67. The number of anilines is 1. The number of benzene rings is 1. The number of pyridine rings is 1. The third-order valence-electron chi connectivity index (χ3n) is 3.99. The van der Waals surface area contributed by atoms with Gasteiger partial charge in [-0.3, -0.25) is 4.79 Å². The number of aromatic nitrogens is 3. The Balaban J connectivity index is 1.88. The smallest absolute Gasteiger partial charge is 0.257 e. The van der Waals surface area contributed by atoms with Crippen molar-refractivity contribution < 1.29 is 14.3 Å². The zero-order chi connectivity index (χ0) is 21.0. The molecule has 0 atom stereocenters. The van der Waals surface area contributed by atoms with Gasteiger partial charge in [0.05, 0.1) is 24.4 Å². The zero-order valence-corrected chi connectivity index (χ0v) is 17.5. The summed E-state index contributed by atoms with van der Waals surface area (Å²) >= 11 is 6.36. The van der Waals surface area contributed by atoms with E-state index in [1.165, 1.54) is 7.11 Å². The van der Waals surface area contributed by atoms with Crippen molar-refractivity contribution in [3.8, 4) is 17.3 Å². The van der Waals surface area contributed by atoms with E-state index in [4.69, 9.17) is 21.1 Å². The molecule has 0 saturated heterocycles. The Hall–Kier alpha value is -3.06. The van der Waals surface area contributed by atoms with Crippen LogP contribution < -0.4 is 14.8 Å². The molecule has 0 unspecified atom stereocenters. The van der Waals surface area contributed by atoms with Crippen molar-refractivity contribution in [2.45, 2.75) is 20.8 Å². The van der Waals surface area contributed by atoms with Gasteiger partial charge in [0.25, 0.3) is 5.91 Å². The lowest BCUT2D eigenvalue weighted by Gasteiger charge is -2.15. The number of carbonyl (C=O) groups is 1. The predicted octanol–water partition coefficient (Wildman–Crippen LogP) is 4.52. The van der Waals surface area contributed by atoms with E-state index in [9.17, 15) is 4.79 Å². The Morgan fingerprint density at radius 2 is 2.07 bits per heavy atom. The van der Waals surface area contributed by atoms with Gasteiger partial charge in [-0.1, -0.05) is 31.5 Å². The molecule has 2 aromatic heterocycles. The molecule has 2 heterocycles. The van der Waals surface area contributed by atoms with Gasteiger partial charge in [-0.25, -0.2) is 4.98 Å². The van der Waals surface area contributed by atoms with Gasteiger partial charge in [-0.15, -0.1) is 0 Å². The standard InChI is InChI=1S/C21H23ClN4O3/c1-13(2)12-29-20-16(22)10-15(11-17(20)28-4)21(27)24-19-9-14(3)25-26(19)18-7-5-6-8-23-18/h5-11,13H,12H2,1-4H3,(H,24,27). The van der Waals surface area contributed by atoms with Crippen molar-refractivity contribution in [1.82, 2.24) is 14.8 Å². The molecule has 0 bridgehead atoms. The summed E-state index contributed by atoms with van der Waals surface area (Å²) in [5.41, 5.74) is 1.09. The number of amides is 1. The van der Waals surface area contributed by atoms with Gasteiger partial charge in [0.2, 0.25) is 0 Å². The second-order valence-corrected chi connectivity index (χ2v) is 7.33. The molecule has 0 fully saturated rings. The first-order chi connectivity index (χ1) is 13.9. The van der Waals surface area contributed by atoms with Crippen LogP contribution in [0.4, 0.5) is 5.82 Å². The Morgan fingerprint density at radius 1 is 1.28 bits per heavy atom. The maximum Gasteiger partial charge on any atom is 0.257 e. The van der Waals surface area contributed by atoms with Gasteiger partial charge in [0, 0.05) is 17.8 Å². The van der Waals surface area contributed by atoms with Crippen LogP contribution >= 0.6 is 11.6 Å². The molecule has 1 N–H and O–H groups in total. The van der Waals surface area contributed by atoms with Gasteiger partial charge in [0.1, 0.15) is 5.82 Å². The Bertz CT molecular complexity index is 1000. The minimum atomic E-state index is -0.349. The molecule has 3 aromatic rings. The first kappa shape index (κ1) is 20.7. The van der Waals surface area contributed by atoms with E-state index in [1.807, 2.05) is 39.0 Å². The molecule has 0 aliphatic rings. The molecular weight excluding hydrogens is 392 g/mol. The van der Waals surface area contributed by atoms with Crippen LogP contribution in [0.15, 0.2) is 42.6 Å². The highest BCUT2D eigenvalue weighted by molar-refractivity contribution is 6.32. The summed E-state index contributed by atoms with van der Waals surface area (Å²) in [6.45, 7) is 6.41. The molecule has 3 rings (SSSR count). The molecular formula is C21H23ClN4O3. The second-order valence-electron chi connectivity index (χ2n) is 6.92. The topological polar surface area (TPSA) is 78.3 Å². The van der Waals surface area contributed by atoms with E-state index in [-0.39, 0.29) is 5.91 Å². The number of halogens is 1. The summed E-state index contributed by atoms with van der Waals surface area (Å²) in [7, 11) is 1.51. The number of nitrogens with one attached hydrogen (secondary N) is 1. The lowest BCUT2D eigenvalue weighted by Crippen LogP contribution is -2.16. The molecule has 152 valence electrons. The zero-order valence-electron chi connectivity index (χ0n) is 16.8. The van der Waals surface area contributed by atoms with Crippen molar-refractivity contribution in [3.63, 3.8) is 0 Å². The maximum absolute atomic E-state index is 12.9. The number of methoxy groups -OCH3 is 1. The summed E-state index contributed by atoms with van der Waals surface area (Å²) in [5, 5.41) is 7.57. The maximum atomic E-state index is 12.9. The van der Waals surface area contributed by atoms with Crippen LogP contribution in [-0.2, 0) is 0 Å². The van der Waals surface area contributed by atoms with Crippen LogP contribution in [0, 0.1) is 12.8 Å². The van der Waals surface area contributed by atoms with Crippen molar-refractivity contribution in [1.29, 1.82) is 0 Å². The molecule has 0 aliphatic carbocycles. The number of carbonyl (C=O) groups excluding carboxylic acids is 1. The summed E-state index contributed by atoms with van der Waals surface area (Å²) in [5.74, 6) is 1.91. The van der Waals surface area contributed by atoms with Gasteiger partial charge in [-0.05, 0) is 37.1 Å². The SMILES string of the molecule is COc1cc(C(=O)Nc2cc(C)nn2-c2ccccn2)cc(Cl)c1OCC(C)C. The van der Waals surface area contributed by atoms with E-state index in [0.717, 1.165) is 5.69 Å². The largest absolute Gasteiger partial charge is 0.493 e. The van der Waals surface area contributed by atoms with Crippen LogP contribution in [0.1, 0.15) is 29.9 Å². The minimum absolute atomic E-state index is 0.310. The fourth-order valence-corrected chi connectivity index (χ4v) is 2.94. The average Bonchev–Trinajstić information content (AvgIpc) is 3.07. The quantitative estimate of drug-likeness (QED) is 0.614. The first-order valence-electron chi connectivity index (χ1n) is 9.18. The number of ether oxygens (including phenoxy) is 2. The normalized spacial score (nSPS) is 10.8. The lowest BCUT2D eigenvalue weighted by atomic mass is 10.1. The molecule has 8 heteroatoms. The third-order valence-corrected chi connectivity index (χ3v) is 4.27. The number of hydrogen-bond donors (Lipinski definition) is 1. The van der Waals surface area contributed by atoms with Crippen LogP contribution in [0.2, 0.25) is 5.02 Å². The van der Waals surface area contributed by atoms with Crippen LogP contribution in [0.5, 0.6) is 11.5 Å². The van der Waals surface area contributed by atoms with Crippen molar-refractivity contribution >= 4 is 23.3 Å². The molecule has 7 nitrogen and oxygen atoms in total. The van der Waals surface area contributed by atoms with Gasteiger partial charge < -0.3 is 14.8 Å². The fraction of sp³-hybridized carbons (Fsp3) is 0.286. The van der Waals surface area contributed by atoms with E-state index in [0.29, 0.717) is 46.2 Å². The molecule has 1 aromatic carbocycles. The number of hydrogen-bond acceptors (Lipinski definition) is 5. The molecule has 1 amide bonds. The average molecular weight is 415 g/mol. The number of aryl methyl sites for hydroxylation is 1. The Labute approximate surface area is 174 Å². The minimum Gasteiger partial charge on any atom is -0.493 e. The van der Waals surface area contributed by atoms with Crippen LogP contribution in [0.3, 0.4) is 0 Å². The highest BCUT2D eigenvalue weighted by Crippen LogP contribution is 2.37. The second kappa shape index (κ2) is 8.96. The highest BCUT2D eigenvalue weighted by atomic mass is 35.5. The van der Waals surface area contributed by atoms with Gasteiger partial charge >= 0.3 is 0 Å². The van der Waals surface area contributed by atoms with Crippen molar-refractivity contribution in [2.75, 3.05) is 19.0 Å². The first-order valence-corrected chi connectivity index (χ1v) is 9.56. The molecule has 0 spiro atoms. The summed E-state index contributed by atoms with van der Waals surface area (Å²) in [4.78, 5) is 17.2. The molecule has 0 radical (unpaired) electrons. The van der Waals surface area contributed by atoms with E-state index < -0.39 is 0 Å². The van der Waals surface area contributed by atoms with Gasteiger partial charge in [0.15, 0.2) is 17.3 Å². The van der Waals surface area contributed by atoms with Gasteiger partial charge in [-0.2, -0.15) is 9.78 Å². The van der Waals surface area contributed by atoms with Crippen molar-refractivity contribution in [2.24, 2.45) is 5.92 Å². The summed E-state index contributed by atoms with van der Waals surface area (Å²) in [6, 6.07) is 10.4.